The number of hydrogen-bond acceptors (Lipinski definition) is 7. The number of hydrogen-bond donors (Lipinski definition) is 3. The van der Waals surface area contributed by atoms with Crippen molar-refractivity contribution in [2.75, 3.05) is 19.6 Å². The Kier molecular flexibility index (Phi) is 10.2. The molecule has 3 rings (SSSR count). The molecule has 3 N–H and O–H groups in total. The van der Waals surface area contributed by atoms with Crippen LogP contribution < -0.4 is 9.47 Å². The van der Waals surface area contributed by atoms with Crippen LogP contribution in [0.25, 0.3) is 0 Å². The number of carbonyl (C=O) groups is 3. The molecule has 2 aromatic carbocycles. The molecular formula is C28H34N2O8. The molecule has 0 atom stereocenters. The summed E-state index contributed by atoms with van der Waals surface area (Å²) < 4.78 is 11.4. The monoisotopic (exact) mass is 526 g/mol. The van der Waals surface area contributed by atoms with Crippen LogP contribution >= 0.6 is 0 Å². The van der Waals surface area contributed by atoms with Gasteiger partial charge in [0, 0.05) is 26.1 Å². The van der Waals surface area contributed by atoms with Crippen molar-refractivity contribution in [3.63, 3.8) is 0 Å². The fourth-order valence-electron chi connectivity index (χ4n) is 4.35. The SMILES string of the molecule is CCC(=NC1CCN(CCc2ccc(OC(CC(=O)O)(CC(=O)O)C(=O)O)cc2)CC1)Oc1ccccc1. The van der Waals surface area contributed by atoms with E-state index in [1.54, 1.807) is 12.1 Å². The Hall–Kier alpha value is -3.92. The van der Waals surface area contributed by atoms with E-state index in [-0.39, 0.29) is 11.8 Å². The lowest BCUT2D eigenvalue weighted by Gasteiger charge is -2.30. The number of carboxylic acids is 3. The van der Waals surface area contributed by atoms with E-state index in [0.717, 1.165) is 62.5 Å². The quantitative estimate of drug-likeness (QED) is 0.262. The van der Waals surface area contributed by atoms with E-state index in [0.29, 0.717) is 0 Å². The van der Waals surface area contributed by atoms with Crippen LogP contribution in [0.5, 0.6) is 11.5 Å². The van der Waals surface area contributed by atoms with Gasteiger partial charge in [0.1, 0.15) is 11.5 Å². The third kappa shape index (κ3) is 8.58. The van der Waals surface area contributed by atoms with E-state index < -0.39 is 36.4 Å². The molecule has 0 radical (unpaired) electrons. The lowest BCUT2D eigenvalue weighted by atomic mass is 9.95. The molecular weight excluding hydrogens is 492 g/mol. The molecule has 0 aliphatic carbocycles. The van der Waals surface area contributed by atoms with Crippen molar-refractivity contribution in [3.05, 3.63) is 60.2 Å². The van der Waals surface area contributed by atoms with E-state index in [1.807, 2.05) is 37.3 Å². The molecule has 0 spiro atoms. The maximum Gasteiger partial charge on any atom is 0.349 e. The zero-order valence-corrected chi connectivity index (χ0v) is 21.4. The molecule has 0 saturated carbocycles. The summed E-state index contributed by atoms with van der Waals surface area (Å²) >= 11 is 0. The fourth-order valence-corrected chi connectivity index (χ4v) is 4.35. The number of rotatable bonds is 13. The molecule has 0 amide bonds. The van der Waals surface area contributed by atoms with E-state index in [2.05, 4.69) is 4.90 Å². The zero-order chi connectivity index (χ0) is 27.5. The first kappa shape index (κ1) is 28.6. The highest BCUT2D eigenvalue weighted by molar-refractivity contribution is 5.88. The summed E-state index contributed by atoms with van der Waals surface area (Å²) in [4.78, 5) is 41.3. The van der Waals surface area contributed by atoms with Gasteiger partial charge in [0.05, 0.1) is 18.9 Å². The topological polar surface area (TPSA) is 146 Å². The van der Waals surface area contributed by atoms with Gasteiger partial charge in [-0.2, -0.15) is 0 Å². The summed E-state index contributed by atoms with van der Waals surface area (Å²) in [5.74, 6) is -2.93. The van der Waals surface area contributed by atoms with Crippen LogP contribution in [-0.4, -0.2) is 75.3 Å². The normalized spacial score (nSPS) is 15.1. The Morgan fingerprint density at radius 3 is 2.05 bits per heavy atom. The highest BCUT2D eigenvalue weighted by Crippen LogP contribution is 2.26. The van der Waals surface area contributed by atoms with Crippen molar-refractivity contribution in [3.8, 4) is 11.5 Å². The third-order valence-electron chi connectivity index (χ3n) is 6.38. The van der Waals surface area contributed by atoms with Gasteiger partial charge in [0.15, 0.2) is 5.90 Å². The Bertz CT molecular complexity index is 1090. The number of benzene rings is 2. The van der Waals surface area contributed by atoms with Crippen LogP contribution in [0.3, 0.4) is 0 Å². The van der Waals surface area contributed by atoms with E-state index >= 15 is 0 Å². The number of ether oxygens (including phenoxy) is 2. The molecule has 204 valence electrons. The van der Waals surface area contributed by atoms with Crippen molar-refractivity contribution in [1.82, 2.24) is 4.90 Å². The first-order valence-electron chi connectivity index (χ1n) is 12.7. The molecule has 1 aliphatic rings. The van der Waals surface area contributed by atoms with Crippen LogP contribution in [0, 0.1) is 0 Å². The number of nitrogens with zero attached hydrogens (tertiary/aromatic N) is 2. The van der Waals surface area contributed by atoms with Crippen molar-refractivity contribution < 1.29 is 39.2 Å². The predicted molar refractivity (Wildman–Crippen MR) is 140 cm³/mol. The summed E-state index contributed by atoms with van der Waals surface area (Å²) in [6, 6.07) is 16.5. The summed E-state index contributed by atoms with van der Waals surface area (Å²) in [5.41, 5.74) is -1.39. The number of carboxylic acid groups (broad SMARTS) is 3. The molecule has 1 heterocycles. The molecule has 1 fully saturated rings. The van der Waals surface area contributed by atoms with Gasteiger partial charge in [0.2, 0.25) is 5.60 Å². The third-order valence-corrected chi connectivity index (χ3v) is 6.38. The van der Waals surface area contributed by atoms with Crippen LogP contribution in [-0.2, 0) is 20.8 Å². The Morgan fingerprint density at radius 1 is 0.921 bits per heavy atom. The van der Waals surface area contributed by atoms with Crippen LogP contribution in [0.1, 0.15) is 44.6 Å². The Balaban J connectivity index is 1.51. The van der Waals surface area contributed by atoms with Crippen molar-refractivity contribution in [2.45, 2.75) is 57.1 Å². The van der Waals surface area contributed by atoms with Crippen LogP contribution in [0.15, 0.2) is 59.6 Å². The van der Waals surface area contributed by atoms with Gasteiger partial charge in [0.25, 0.3) is 0 Å². The fraction of sp³-hybridized carbons (Fsp3) is 0.429. The lowest BCUT2D eigenvalue weighted by molar-refractivity contribution is -0.167. The number of aliphatic imine (C=N–C) groups is 1. The number of aliphatic carboxylic acids is 3. The highest BCUT2D eigenvalue weighted by atomic mass is 16.5. The molecule has 10 nitrogen and oxygen atoms in total. The second kappa shape index (κ2) is 13.6. The minimum atomic E-state index is -2.39. The summed E-state index contributed by atoms with van der Waals surface area (Å²) in [5, 5.41) is 27.7. The van der Waals surface area contributed by atoms with Gasteiger partial charge in [-0.25, -0.2) is 4.79 Å². The lowest BCUT2D eigenvalue weighted by Crippen LogP contribution is -2.48. The zero-order valence-electron chi connectivity index (χ0n) is 21.4. The summed E-state index contributed by atoms with van der Waals surface area (Å²) in [7, 11) is 0. The van der Waals surface area contributed by atoms with E-state index in [1.165, 1.54) is 12.1 Å². The minimum Gasteiger partial charge on any atom is -0.481 e. The molecule has 2 aromatic rings. The van der Waals surface area contributed by atoms with E-state index in [4.69, 9.17) is 24.7 Å². The second-order valence-electron chi connectivity index (χ2n) is 9.30. The summed E-state index contributed by atoms with van der Waals surface area (Å²) in [6.45, 7) is 4.72. The Labute approximate surface area is 221 Å². The summed E-state index contributed by atoms with van der Waals surface area (Å²) in [6.07, 6.45) is 1.43. The van der Waals surface area contributed by atoms with Crippen molar-refractivity contribution >= 4 is 23.8 Å². The molecule has 0 unspecified atom stereocenters. The highest BCUT2D eigenvalue weighted by Gasteiger charge is 2.46. The maximum absolute atomic E-state index is 11.8. The van der Waals surface area contributed by atoms with Crippen molar-refractivity contribution in [1.29, 1.82) is 0 Å². The number of para-hydroxylation sites is 1. The molecule has 1 aliphatic heterocycles. The molecule has 0 aromatic heterocycles. The van der Waals surface area contributed by atoms with Gasteiger partial charge >= 0.3 is 17.9 Å². The maximum atomic E-state index is 11.8. The van der Waals surface area contributed by atoms with Crippen molar-refractivity contribution in [2.24, 2.45) is 4.99 Å². The Morgan fingerprint density at radius 2 is 1.53 bits per heavy atom. The second-order valence-corrected chi connectivity index (χ2v) is 9.30. The molecule has 10 heteroatoms. The van der Waals surface area contributed by atoms with Gasteiger partial charge in [-0.05, 0) is 49.1 Å². The first-order chi connectivity index (χ1) is 18.2. The van der Waals surface area contributed by atoms with Gasteiger partial charge in [-0.15, -0.1) is 0 Å². The first-order valence-corrected chi connectivity index (χ1v) is 12.7. The minimum absolute atomic E-state index is 0.0989. The standard InChI is InChI=1S/C28H34N2O8/c1-2-24(37-22-6-4-3-5-7-22)29-21-13-16-30(17-14-21)15-12-20-8-10-23(11-9-20)38-28(27(35)36,18-25(31)32)19-26(33)34/h3-11,21H,2,12-19H2,1H3,(H,31,32)(H,33,34)(H,35,36). The average Bonchev–Trinajstić information content (AvgIpc) is 2.88. The molecule has 0 bridgehead atoms. The largest absolute Gasteiger partial charge is 0.481 e. The van der Waals surface area contributed by atoms with Gasteiger partial charge in [-0.1, -0.05) is 37.3 Å². The predicted octanol–water partition coefficient (Wildman–Crippen LogP) is 3.73. The number of piperidine rings is 1. The van der Waals surface area contributed by atoms with Gasteiger partial charge in [-0.3, -0.25) is 14.6 Å². The van der Waals surface area contributed by atoms with Crippen LogP contribution in [0.2, 0.25) is 0 Å². The van der Waals surface area contributed by atoms with Crippen LogP contribution in [0.4, 0.5) is 0 Å². The van der Waals surface area contributed by atoms with E-state index in [9.17, 15) is 19.5 Å². The smallest absolute Gasteiger partial charge is 0.349 e. The average molecular weight is 527 g/mol. The molecule has 38 heavy (non-hydrogen) atoms. The number of likely N-dealkylation sites (tertiary alicyclic amines) is 1. The van der Waals surface area contributed by atoms with Gasteiger partial charge < -0.3 is 29.7 Å². The molecule has 1 saturated heterocycles.